The number of hydrogen-bond acceptors (Lipinski definition) is 7. The lowest BCUT2D eigenvalue weighted by Gasteiger charge is -2.36. The lowest BCUT2D eigenvalue weighted by molar-refractivity contribution is -0.139. The molecular formula is C30H46F2N4O4S2. The molecule has 1 saturated carbocycles. The van der Waals surface area contributed by atoms with Gasteiger partial charge in [0.1, 0.15) is 12.2 Å². The van der Waals surface area contributed by atoms with E-state index < -0.39 is 34.6 Å². The molecule has 3 atom stereocenters. The average Bonchev–Trinajstić information content (AvgIpc) is 3.48. The van der Waals surface area contributed by atoms with E-state index in [4.69, 9.17) is 5.11 Å². The molecule has 236 valence electrons. The van der Waals surface area contributed by atoms with Crippen LogP contribution in [0.25, 0.3) is 10.4 Å². The summed E-state index contributed by atoms with van der Waals surface area (Å²) >= 11 is 3.06. The minimum Gasteiger partial charge on any atom is -0.400 e. The van der Waals surface area contributed by atoms with Gasteiger partial charge in [-0.05, 0) is 64.3 Å². The number of benzene rings is 1. The van der Waals surface area contributed by atoms with Crippen molar-refractivity contribution >= 4 is 41.3 Å². The Hall–Kier alpha value is -2.57. The van der Waals surface area contributed by atoms with Crippen LogP contribution in [-0.2, 0) is 20.9 Å². The van der Waals surface area contributed by atoms with Gasteiger partial charge in [0.15, 0.2) is 5.67 Å². The number of carbonyl (C=O) groups excluding carboxylic acids is 3. The summed E-state index contributed by atoms with van der Waals surface area (Å²) in [7, 11) is 1.00. The molecule has 1 aromatic carbocycles. The summed E-state index contributed by atoms with van der Waals surface area (Å²) in [6, 6.07) is 6.78. The van der Waals surface area contributed by atoms with Gasteiger partial charge in [-0.1, -0.05) is 38.1 Å². The number of aryl methyl sites for hydroxylation is 1. The molecule has 2 fully saturated rings. The fraction of sp³-hybridized carbons (Fsp3) is 0.600. The van der Waals surface area contributed by atoms with E-state index in [1.807, 2.05) is 58.5 Å². The number of aliphatic hydroxyl groups is 1. The Balaban J connectivity index is 0.000000389. The van der Waals surface area contributed by atoms with Crippen molar-refractivity contribution < 1.29 is 28.3 Å². The van der Waals surface area contributed by atoms with Gasteiger partial charge in [0.05, 0.1) is 22.1 Å². The minimum atomic E-state index is -1.83. The standard InChI is InChI=1S/C15H24F2N2O2S.C12H12N2OS.C2H6.CH4O/c1-9-10(16)5-8-19(9)12(20)11(14(2,3)22-4)18-13(21)15(17)6-7-15;1-9-12(16-8-14-9)11-4-2-10(3-5-11)6-13-7-15;2*1-2/h9-11H,5-8H2,1-4H3,(H,18,21);2-5,7-8H,6H2,1H3,(H,13,15);1-2H3;2H,1H3. The van der Waals surface area contributed by atoms with Gasteiger partial charge in [-0.15, -0.1) is 11.3 Å². The number of aromatic nitrogens is 1. The third-order valence-corrected chi connectivity index (χ3v) is 9.40. The van der Waals surface area contributed by atoms with Gasteiger partial charge in [0, 0.05) is 24.9 Å². The predicted octanol–water partition coefficient (Wildman–Crippen LogP) is 5.07. The molecule has 2 heterocycles. The topological polar surface area (TPSA) is 112 Å². The summed E-state index contributed by atoms with van der Waals surface area (Å²) in [5.41, 5.74) is 3.36. The monoisotopic (exact) mass is 628 g/mol. The van der Waals surface area contributed by atoms with Gasteiger partial charge < -0.3 is 20.6 Å². The maximum absolute atomic E-state index is 13.9. The second kappa shape index (κ2) is 17.5. The van der Waals surface area contributed by atoms with Gasteiger partial charge in [-0.25, -0.2) is 13.8 Å². The van der Waals surface area contributed by atoms with Crippen molar-refractivity contribution in [1.29, 1.82) is 0 Å². The second-order valence-corrected chi connectivity index (χ2v) is 12.5. The molecule has 0 radical (unpaired) electrons. The smallest absolute Gasteiger partial charge is 0.258 e. The van der Waals surface area contributed by atoms with Crippen LogP contribution < -0.4 is 10.6 Å². The lowest BCUT2D eigenvalue weighted by atomic mass is 10.0. The molecule has 3 unspecified atom stereocenters. The summed E-state index contributed by atoms with van der Waals surface area (Å²) in [5, 5.41) is 12.2. The summed E-state index contributed by atoms with van der Waals surface area (Å²) in [4.78, 5) is 41.9. The largest absolute Gasteiger partial charge is 0.400 e. The molecule has 2 aromatic rings. The number of halogens is 2. The SMILES string of the molecule is CC.CO.CSC(C)(C)C(NC(=O)C1(F)CC1)C(=O)N1CCC(F)C1C.Cc1ncsc1-c1ccc(CNC=O)cc1. The minimum absolute atomic E-state index is 0.201. The molecule has 0 spiro atoms. The Bertz CT molecular complexity index is 1130. The third kappa shape index (κ3) is 10.0. The molecule has 1 saturated heterocycles. The fourth-order valence-electron chi connectivity index (χ4n) is 4.14. The van der Waals surface area contributed by atoms with E-state index in [0.29, 0.717) is 25.9 Å². The highest BCUT2D eigenvalue weighted by molar-refractivity contribution is 8.00. The quantitative estimate of drug-likeness (QED) is 0.335. The number of alkyl halides is 2. The first kappa shape index (κ1) is 37.5. The number of thiazole rings is 1. The number of thioether (sulfide) groups is 1. The van der Waals surface area contributed by atoms with Gasteiger partial charge in [-0.3, -0.25) is 14.4 Å². The molecule has 2 aliphatic rings. The molecule has 1 aromatic heterocycles. The zero-order chi connectivity index (χ0) is 32.1. The maximum atomic E-state index is 13.9. The van der Waals surface area contributed by atoms with Crippen molar-refractivity contribution in [2.45, 2.75) is 96.0 Å². The number of rotatable bonds is 9. The van der Waals surface area contributed by atoms with Crippen LogP contribution in [0.2, 0.25) is 0 Å². The van der Waals surface area contributed by atoms with Crippen LogP contribution in [0, 0.1) is 6.92 Å². The molecular weight excluding hydrogens is 582 g/mol. The first-order valence-corrected chi connectivity index (χ1v) is 16.1. The van der Waals surface area contributed by atoms with Gasteiger partial charge in [0.25, 0.3) is 5.91 Å². The van der Waals surface area contributed by atoms with E-state index in [1.54, 1.807) is 18.3 Å². The zero-order valence-electron chi connectivity index (χ0n) is 25.9. The Labute approximate surface area is 257 Å². The molecule has 1 aliphatic carbocycles. The number of carbonyl (C=O) groups is 3. The highest BCUT2D eigenvalue weighted by Crippen LogP contribution is 2.40. The summed E-state index contributed by atoms with van der Waals surface area (Å²) < 4.78 is 27.0. The number of nitrogens with zero attached hydrogens (tertiary/aromatic N) is 2. The molecule has 0 bridgehead atoms. The zero-order valence-corrected chi connectivity index (χ0v) is 27.5. The van der Waals surface area contributed by atoms with Crippen LogP contribution in [0.3, 0.4) is 0 Å². The van der Waals surface area contributed by atoms with Gasteiger partial charge >= 0.3 is 0 Å². The predicted molar refractivity (Wildman–Crippen MR) is 168 cm³/mol. The van der Waals surface area contributed by atoms with Crippen LogP contribution >= 0.6 is 23.1 Å². The first-order valence-electron chi connectivity index (χ1n) is 14.0. The number of amides is 3. The van der Waals surface area contributed by atoms with E-state index in [2.05, 4.69) is 27.8 Å². The average molecular weight is 629 g/mol. The van der Waals surface area contributed by atoms with Crippen LogP contribution in [0.1, 0.15) is 65.1 Å². The Morgan fingerprint density at radius 1 is 1.26 bits per heavy atom. The van der Waals surface area contributed by atoms with Gasteiger partial charge in [0.2, 0.25) is 12.3 Å². The summed E-state index contributed by atoms with van der Waals surface area (Å²) in [5.74, 6) is -1.05. The number of hydrogen-bond donors (Lipinski definition) is 3. The van der Waals surface area contributed by atoms with E-state index in [9.17, 15) is 23.2 Å². The molecule has 3 N–H and O–H groups in total. The Morgan fingerprint density at radius 2 is 1.86 bits per heavy atom. The summed E-state index contributed by atoms with van der Waals surface area (Å²) in [6.45, 7) is 12.2. The second-order valence-electron chi connectivity index (χ2n) is 10.2. The first-order chi connectivity index (χ1) is 19.9. The van der Waals surface area contributed by atoms with Crippen LogP contribution in [0.4, 0.5) is 8.78 Å². The van der Waals surface area contributed by atoms with Crippen molar-refractivity contribution in [1.82, 2.24) is 20.5 Å². The Kier molecular flexibility index (Phi) is 15.6. The molecule has 4 rings (SSSR count). The third-order valence-electron chi connectivity index (χ3n) is 7.13. The number of likely N-dealkylation sites (tertiary alicyclic amines) is 1. The Morgan fingerprint density at radius 3 is 2.29 bits per heavy atom. The maximum Gasteiger partial charge on any atom is 0.258 e. The number of aliphatic hydroxyl groups excluding tert-OH is 1. The molecule has 3 amide bonds. The van der Waals surface area contributed by atoms with Crippen molar-refractivity contribution in [3.05, 3.63) is 41.0 Å². The van der Waals surface area contributed by atoms with Crippen LogP contribution in [0.5, 0.6) is 0 Å². The van der Waals surface area contributed by atoms with Crippen molar-refractivity contribution in [2.24, 2.45) is 0 Å². The highest BCUT2D eigenvalue weighted by Gasteiger charge is 2.53. The highest BCUT2D eigenvalue weighted by atomic mass is 32.2. The van der Waals surface area contributed by atoms with E-state index >= 15 is 0 Å². The summed E-state index contributed by atoms with van der Waals surface area (Å²) in [6.07, 6.45) is 2.20. The van der Waals surface area contributed by atoms with E-state index in [1.165, 1.54) is 27.1 Å². The lowest BCUT2D eigenvalue weighted by Crippen LogP contribution is -2.59. The van der Waals surface area contributed by atoms with Crippen molar-refractivity contribution in [3.8, 4) is 10.4 Å². The van der Waals surface area contributed by atoms with E-state index in [-0.39, 0.29) is 18.7 Å². The van der Waals surface area contributed by atoms with E-state index in [0.717, 1.165) is 18.4 Å². The van der Waals surface area contributed by atoms with Crippen LogP contribution in [-0.4, -0.2) is 81.8 Å². The fourth-order valence-corrected chi connectivity index (χ4v) is 5.35. The number of nitrogens with one attached hydrogen (secondary N) is 2. The van der Waals surface area contributed by atoms with Crippen molar-refractivity contribution in [2.75, 3.05) is 19.9 Å². The van der Waals surface area contributed by atoms with Crippen LogP contribution in [0.15, 0.2) is 29.8 Å². The molecule has 8 nitrogen and oxygen atoms in total. The normalized spacial score (nSPS) is 19.0. The molecule has 42 heavy (non-hydrogen) atoms. The molecule has 12 heteroatoms. The van der Waals surface area contributed by atoms with Crippen molar-refractivity contribution in [3.63, 3.8) is 0 Å². The van der Waals surface area contributed by atoms with Gasteiger partial charge in [-0.2, -0.15) is 11.8 Å². The molecule has 1 aliphatic heterocycles.